The van der Waals surface area contributed by atoms with Crippen molar-refractivity contribution in [3.8, 4) is 0 Å². The van der Waals surface area contributed by atoms with Crippen LogP contribution in [0.4, 0.5) is 0 Å². The van der Waals surface area contributed by atoms with Crippen molar-refractivity contribution in [2.45, 2.75) is 271 Å². The van der Waals surface area contributed by atoms with Crippen molar-refractivity contribution in [3.05, 3.63) is 24.8 Å². The average Bonchev–Trinajstić information content (AvgIpc) is 3.25. The van der Waals surface area contributed by atoms with Gasteiger partial charge in [0.15, 0.2) is 7.60 Å². The van der Waals surface area contributed by atoms with Crippen LogP contribution in [0.2, 0.25) is 0 Å². The molecule has 0 amide bonds. The van der Waals surface area contributed by atoms with Gasteiger partial charge in [-0.3, -0.25) is 4.57 Å². The first-order valence-electron chi connectivity index (χ1n) is 29.1. The molecule has 1 atom stereocenters. The maximum Gasteiger partial charge on any atom is 0.348 e. The van der Waals surface area contributed by atoms with Crippen LogP contribution in [0.1, 0.15) is 271 Å². The highest BCUT2D eigenvalue weighted by Crippen LogP contribution is 2.34. The minimum Gasteiger partial charge on any atom is -0.870 e. The van der Waals surface area contributed by atoms with E-state index < -0.39 is 15.2 Å². The molecular formula is C58H134N3O9P2+. The van der Waals surface area contributed by atoms with Gasteiger partial charge in [-0.05, 0) is 44.3 Å². The van der Waals surface area contributed by atoms with Crippen LogP contribution >= 0.6 is 15.2 Å². The lowest BCUT2D eigenvalue weighted by molar-refractivity contribution is -0.870. The Hall–Kier alpha value is -0.460. The van der Waals surface area contributed by atoms with Crippen molar-refractivity contribution in [2.75, 3.05) is 83.1 Å². The molecule has 72 heavy (non-hydrogen) atoms. The molecule has 0 rings (SSSR count). The third-order valence-electron chi connectivity index (χ3n) is 12.3. The van der Waals surface area contributed by atoms with Crippen molar-refractivity contribution in [1.82, 2.24) is 0 Å². The van der Waals surface area contributed by atoms with Gasteiger partial charge in [0.1, 0.15) is 0 Å². The normalized spacial score (nSPS) is 12.0. The highest BCUT2D eigenvalue weighted by atomic mass is 31.2. The molecule has 0 bridgehead atoms. The van der Waals surface area contributed by atoms with Crippen molar-refractivity contribution in [1.29, 1.82) is 0 Å². The summed E-state index contributed by atoms with van der Waals surface area (Å²) in [5.41, 5.74) is 0. The van der Waals surface area contributed by atoms with Crippen molar-refractivity contribution in [3.63, 3.8) is 0 Å². The lowest BCUT2D eigenvalue weighted by atomic mass is 10.0. The van der Waals surface area contributed by atoms with Gasteiger partial charge in [0.05, 0.1) is 83.1 Å². The van der Waals surface area contributed by atoms with Crippen LogP contribution in [0.15, 0.2) is 24.8 Å². The zero-order chi connectivity index (χ0) is 53.6. The molecule has 1 unspecified atom stereocenters. The lowest BCUT2D eigenvalue weighted by Gasteiger charge is -2.23. The molecule has 8 N–H and O–H groups in total. The summed E-state index contributed by atoms with van der Waals surface area (Å²) in [6.07, 6.45) is 56.6. The molecule has 0 aromatic heterocycles. The van der Waals surface area contributed by atoms with E-state index in [-0.39, 0.29) is 16.4 Å². The predicted molar refractivity (Wildman–Crippen MR) is 317 cm³/mol. The monoisotopic (exact) mass is 1080 g/mol. The van der Waals surface area contributed by atoms with E-state index in [4.69, 9.17) is 14.7 Å². The molecule has 0 radical (unpaired) electrons. The van der Waals surface area contributed by atoms with Crippen LogP contribution in [-0.2, 0) is 9.13 Å². The molecule has 0 saturated heterocycles. The second-order valence-electron chi connectivity index (χ2n) is 23.3. The smallest absolute Gasteiger partial charge is 0.348 e. The summed E-state index contributed by atoms with van der Waals surface area (Å²) >= 11 is 0. The maximum atomic E-state index is 9.58. The topological polar surface area (TPSA) is 211 Å². The fourth-order valence-electron chi connectivity index (χ4n) is 7.81. The zero-order valence-corrected chi connectivity index (χ0v) is 52.3. The van der Waals surface area contributed by atoms with E-state index in [1.165, 1.54) is 270 Å². The number of hydrogen-bond donors (Lipinski definition) is 3. The summed E-state index contributed by atoms with van der Waals surface area (Å²) in [6, 6.07) is 0. The number of rotatable bonds is 44. The van der Waals surface area contributed by atoms with Gasteiger partial charge in [-0.1, -0.05) is 246 Å². The van der Waals surface area contributed by atoms with Gasteiger partial charge in [-0.15, -0.1) is 0 Å². The lowest BCUT2D eigenvalue weighted by Crippen LogP contribution is -2.35. The van der Waals surface area contributed by atoms with Gasteiger partial charge in [0.2, 0.25) is 0 Å². The summed E-state index contributed by atoms with van der Waals surface area (Å²) < 4.78 is 22.4. The third-order valence-corrected chi connectivity index (χ3v) is 13.2. The predicted octanol–water partition coefficient (Wildman–Crippen LogP) is 15.5. The highest BCUT2D eigenvalue weighted by molar-refractivity contribution is 7.55. The Morgan fingerprint density at radius 3 is 0.528 bits per heavy atom. The van der Waals surface area contributed by atoms with Gasteiger partial charge in [-0.25, -0.2) is 0 Å². The molecule has 0 aromatic rings. The van der Waals surface area contributed by atoms with Crippen LogP contribution in [0.3, 0.4) is 0 Å². The second kappa shape index (κ2) is 63.1. The molecule has 0 fully saturated rings. The average molecular weight is 1080 g/mol. The Labute approximate surface area is 451 Å². The molecule has 0 aliphatic heterocycles. The van der Waals surface area contributed by atoms with E-state index in [0.29, 0.717) is 11.6 Å². The highest BCUT2D eigenvalue weighted by Gasteiger charge is 2.07. The van der Waals surface area contributed by atoms with Gasteiger partial charge in [0, 0.05) is 5.82 Å². The quantitative estimate of drug-likeness (QED) is 0.0305. The molecular weight excluding hydrogens is 945 g/mol. The van der Waals surface area contributed by atoms with E-state index in [1.54, 1.807) is 0 Å². The van der Waals surface area contributed by atoms with Gasteiger partial charge < -0.3 is 54.0 Å². The standard InChI is InChI=1S/3C18H40N.2C2H5O3P.3H2O/c3*1-5-6-7-8-9-10-11-12-13-14-15-16-17-18-19(2,3)4;2*1-2-6(3,4)5;;;/h3*5-18H2,1-4H3;2*2H,1H2,(H2,3,4,5);3*1H2/q3*+1;;;;;/p-2. The van der Waals surface area contributed by atoms with E-state index in [0.717, 1.165) is 13.4 Å². The minimum absolute atomic E-state index is 0. The van der Waals surface area contributed by atoms with Gasteiger partial charge in [-0.2, -0.15) is 0 Å². The molecule has 0 saturated carbocycles. The van der Waals surface area contributed by atoms with Crippen LogP contribution in [0.25, 0.3) is 0 Å². The summed E-state index contributed by atoms with van der Waals surface area (Å²) in [4.78, 5) is 32.8. The number of nitrogens with zero attached hydrogens (tertiary/aromatic N) is 3. The van der Waals surface area contributed by atoms with E-state index >= 15 is 0 Å². The molecule has 0 aromatic carbocycles. The Morgan fingerprint density at radius 1 is 0.333 bits per heavy atom. The van der Waals surface area contributed by atoms with Crippen molar-refractivity contribution in [2.24, 2.45) is 0 Å². The molecule has 444 valence electrons. The van der Waals surface area contributed by atoms with E-state index in [9.17, 15) is 14.0 Å². The number of quaternary nitrogens is 3. The first-order chi connectivity index (χ1) is 32.3. The minimum atomic E-state index is -4.13. The largest absolute Gasteiger partial charge is 0.870 e. The molecule has 0 spiro atoms. The zero-order valence-electron chi connectivity index (χ0n) is 50.5. The summed E-state index contributed by atoms with van der Waals surface area (Å²) in [6.45, 7) is 16.5. The summed E-state index contributed by atoms with van der Waals surface area (Å²) in [7, 11) is 12.6. The van der Waals surface area contributed by atoms with Crippen LogP contribution in [0.5, 0.6) is 0 Å². The third kappa shape index (κ3) is 114. The fourth-order valence-corrected chi connectivity index (χ4v) is 7.81. The SMILES string of the molecule is C=CP(=O)(O)O.C=CP(=O)([O-])O.CCCCCCCCCCCCCCC[N+](C)(C)C.CCCCCCCCCCCCCCC[N+](C)(C)C.CCCCCCCCCCCCCCC[N+](C)(C)C.O.O.[OH-]. The van der Waals surface area contributed by atoms with Crippen molar-refractivity contribution >= 4 is 15.2 Å². The van der Waals surface area contributed by atoms with Gasteiger partial charge >= 0.3 is 7.60 Å². The first kappa shape index (κ1) is 88.2. The van der Waals surface area contributed by atoms with Crippen LogP contribution in [-0.4, -0.2) is 128 Å². The number of hydrogen-bond acceptors (Lipinski definition) is 4. The molecule has 14 heteroatoms. The first-order valence-corrected chi connectivity index (χ1v) is 32.4. The Balaban J connectivity index is -0.000000125. The van der Waals surface area contributed by atoms with Gasteiger partial charge in [0.25, 0.3) is 0 Å². The Morgan fingerprint density at radius 2 is 0.444 bits per heavy atom. The van der Waals surface area contributed by atoms with Crippen LogP contribution in [0, 0.1) is 0 Å². The van der Waals surface area contributed by atoms with E-state index in [2.05, 4.69) is 97.4 Å². The fraction of sp³-hybridized carbons (Fsp3) is 0.931. The maximum absolute atomic E-state index is 9.58. The second-order valence-corrected chi connectivity index (χ2v) is 26.3. The van der Waals surface area contributed by atoms with Crippen molar-refractivity contribution < 1.29 is 58.6 Å². The molecule has 12 nitrogen and oxygen atoms in total. The molecule has 0 aliphatic carbocycles. The molecule has 0 heterocycles. The summed E-state index contributed by atoms with van der Waals surface area (Å²) in [5.74, 6) is 1.10. The Bertz CT molecular complexity index is 997. The van der Waals surface area contributed by atoms with Crippen LogP contribution < -0.4 is 4.89 Å². The van der Waals surface area contributed by atoms with E-state index in [1.807, 2.05) is 0 Å². The number of unbranched alkanes of at least 4 members (excludes halogenated alkanes) is 36. The molecule has 0 aliphatic rings. The Kier molecular flexibility index (Phi) is 77.2. The summed E-state index contributed by atoms with van der Waals surface area (Å²) in [5, 5.41) is 0.